The quantitative estimate of drug-likeness (QED) is 0.592. The largest absolute Gasteiger partial charge is 0.323 e. The van der Waals surface area contributed by atoms with Gasteiger partial charge in [0, 0.05) is 12.6 Å². The molecular formula is C10H17ClNOP. The van der Waals surface area contributed by atoms with Gasteiger partial charge in [-0.3, -0.25) is 0 Å². The molecule has 0 bridgehead atoms. The Labute approximate surface area is 91.6 Å². The minimum absolute atomic E-state index is 0.169. The molecule has 3 fully saturated rings. The van der Waals surface area contributed by atoms with Gasteiger partial charge in [0.25, 0.3) is 0 Å². The van der Waals surface area contributed by atoms with Crippen LogP contribution >= 0.6 is 18.9 Å². The van der Waals surface area contributed by atoms with Crippen LogP contribution in [0.25, 0.3) is 0 Å². The number of hydrogen-bond acceptors (Lipinski definition) is 2. The van der Waals surface area contributed by atoms with Gasteiger partial charge in [-0.05, 0) is 36.9 Å². The van der Waals surface area contributed by atoms with Crippen LogP contribution in [0, 0.1) is 0 Å². The number of hydrogen-bond donors (Lipinski definition) is 0. The van der Waals surface area contributed by atoms with Gasteiger partial charge in [0.1, 0.15) is 0 Å². The second kappa shape index (κ2) is 3.59. The Bertz CT molecular complexity index is 232. The van der Waals surface area contributed by atoms with Crippen molar-refractivity contribution in [1.82, 2.24) is 4.67 Å². The highest BCUT2D eigenvalue weighted by molar-refractivity contribution is 7.78. The van der Waals surface area contributed by atoms with E-state index in [9.17, 15) is 0 Å². The standard InChI is InChI=1S/C10H17ClNOP/c11-14-12-8-4-5-9(12)10(13-14)6-2-1-3-7-10/h9H,1-8H2/t9-,14?/m0/s1. The van der Waals surface area contributed by atoms with Crippen molar-refractivity contribution in [1.29, 1.82) is 0 Å². The first-order chi connectivity index (χ1) is 6.82. The molecule has 0 aromatic heterocycles. The Morgan fingerprint density at radius 3 is 2.79 bits per heavy atom. The predicted octanol–water partition coefficient (Wildman–Crippen LogP) is 3.65. The van der Waals surface area contributed by atoms with Crippen LogP contribution in [0.4, 0.5) is 0 Å². The summed E-state index contributed by atoms with van der Waals surface area (Å²) in [6, 6.07) is 0.659. The van der Waals surface area contributed by atoms with Gasteiger partial charge in [-0.25, -0.2) is 4.67 Å². The van der Waals surface area contributed by atoms with Gasteiger partial charge in [-0.2, -0.15) is 0 Å². The van der Waals surface area contributed by atoms with E-state index in [0.29, 0.717) is 6.04 Å². The number of halogens is 1. The summed E-state index contributed by atoms with van der Waals surface area (Å²) in [5.41, 5.74) is 0.169. The maximum Gasteiger partial charge on any atom is 0.207 e. The Kier molecular flexibility index (Phi) is 2.52. The first kappa shape index (κ1) is 9.84. The molecular weight excluding hydrogens is 217 g/mol. The van der Waals surface area contributed by atoms with E-state index in [4.69, 9.17) is 15.8 Å². The lowest BCUT2D eigenvalue weighted by molar-refractivity contribution is 0.0305. The van der Waals surface area contributed by atoms with Gasteiger partial charge in [0.05, 0.1) is 5.60 Å². The summed E-state index contributed by atoms with van der Waals surface area (Å²) >= 11 is 6.30. The van der Waals surface area contributed by atoms with E-state index < -0.39 is 7.65 Å². The summed E-state index contributed by atoms with van der Waals surface area (Å²) in [5.74, 6) is 0. The molecule has 0 aromatic carbocycles. The highest BCUT2D eigenvalue weighted by atomic mass is 35.7. The smallest absolute Gasteiger partial charge is 0.207 e. The first-order valence-electron chi connectivity index (χ1n) is 5.73. The summed E-state index contributed by atoms with van der Waals surface area (Å²) < 4.78 is 8.55. The summed E-state index contributed by atoms with van der Waals surface area (Å²) in [7, 11) is -0.771. The minimum atomic E-state index is -0.771. The maximum absolute atomic E-state index is 6.30. The van der Waals surface area contributed by atoms with E-state index in [1.165, 1.54) is 51.5 Å². The van der Waals surface area contributed by atoms with Gasteiger partial charge in [-0.1, -0.05) is 19.3 Å². The van der Waals surface area contributed by atoms with Gasteiger partial charge in [0.15, 0.2) is 0 Å². The third-order valence-corrected chi connectivity index (χ3v) is 6.18. The lowest BCUT2D eigenvalue weighted by Crippen LogP contribution is -2.43. The minimum Gasteiger partial charge on any atom is -0.323 e. The van der Waals surface area contributed by atoms with Crippen molar-refractivity contribution in [3.63, 3.8) is 0 Å². The topological polar surface area (TPSA) is 12.5 Å². The Balaban J connectivity index is 1.85. The van der Waals surface area contributed by atoms with Crippen LogP contribution in [-0.2, 0) is 4.52 Å². The molecule has 3 rings (SSSR count). The zero-order valence-corrected chi connectivity index (χ0v) is 10.1. The predicted molar refractivity (Wildman–Crippen MR) is 59.4 cm³/mol. The maximum atomic E-state index is 6.30. The van der Waals surface area contributed by atoms with Crippen LogP contribution in [-0.4, -0.2) is 22.9 Å². The van der Waals surface area contributed by atoms with Crippen LogP contribution in [0.5, 0.6) is 0 Å². The molecule has 0 N–H and O–H groups in total. The van der Waals surface area contributed by atoms with E-state index in [-0.39, 0.29) is 5.60 Å². The molecule has 2 aliphatic heterocycles. The lowest BCUT2D eigenvalue weighted by atomic mass is 9.79. The fourth-order valence-electron chi connectivity index (χ4n) is 3.31. The van der Waals surface area contributed by atoms with Crippen molar-refractivity contribution >= 4 is 18.9 Å². The van der Waals surface area contributed by atoms with Gasteiger partial charge in [0.2, 0.25) is 7.65 Å². The monoisotopic (exact) mass is 233 g/mol. The summed E-state index contributed by atoms with van der Waals surface area (Å²) in [5, 5.41) is 0. The van der Waals surface area contributed by atoms with Crippen LogP contribution in [0.2, 0.25) is 0 Å². The van der Waals surface area contributed by atoms with Crippen molar-refractivity contribution in [2.45, 2.75) is 56.6 Å². The molecule has 2 saturated heterocycles. The number of fused-ring (bicyclic) bond motifs is 2. The molecule has 4 heteroatoms. The van der Waals surface area contributed by atoms with E-state index in [0.717, 1.165) is 0 Å². The molecule has 1 aliphatic carbocycles. The fourth-order valence-corrected chi connectivity index (χ4v) is 5.82. The number of nitrogens with zero attached hydrogens (tertiary/aromatic N) is 1. The fraction of sp³-hybridized carbons (Fsp3) is 1.00. The third-order valence-electron chi connectivity index (χ3n) is 3.99. The molecule has 3 aliphatic rings. The summed E-state index contributed by atoms with van der Waals surface area (Å²) in [4.78, 5) is 0. The zero-order chi connectivity index (χ0) is 9.60. The van der Waals surface area contributed by atoms with Crippen molar-refractivity contribution in [2.24, 2.45) is 0 Å². The number of rotatable bonds is 0. The second-order valence-corrected chi connectivity index (χ2v) is 6.78. The van der Waals surface area contributed by atoms with E-state index in [2.05, 4.69) is 4.67 Å². The Morgan fingerprint density at radius 2 is 2.00 bits per heavy atom. The van der Waals surface area contributed by atoms with Gasteiger partial charge < -0.3 is 4.52 Å². The highest BCUT2D eigenvalue weighted by Crippen LogP contribution is 2.64. The molecule has 2 atom stereocenters. The van der Waals surface area contributed by atoms with Gasteiger partial charge in [-0.15, -0.1) is 0 Å². The molecule has 0 amide bonds. The average Bonchev–Trinajstić information content (AvgIpc) is 2.74. The Hall–Kier alpha value is 0.640. The summed E-state index contributed by atoms with van der Waals surface area (Å²) in [6.07, 6.45) is 9.19. The van der Waals surface area contributed by atoms with E-state index in [1.54, 1.807) is 0 Å². The Morgan fingerprint density at radius 1 is 1.21 bits per heavy atom. The van der Waals surface area contributed by atoms with Crippen LogP contribution < -0.4 is 0 Å². The molecule has 2 nitrogen and oxygen atoms in total. The average molecular weight is 234 g/mol. The van der Waals surface area contributed by atoms with Crippen molar-refractivity contribution in [2.75, 3.05) is 6.54 Å². The molecule has 80 valence electrons. The SMILES string of the molecule is ClP1OC2(CCCCC2)[C@@H]2CCCN21. The van der Waals surface area contributed by atoms with Crippen LogP contribution in [0.1, 0.15) is 44.9 Å². The molecule has 1 saturated carbocycles. The zero-order valence-electron chi connectivity index (χ0n) is 8.41. The van der Waals surface area contributed by atoms with Crippen molar-refractivity contribution in [3.05, 3.63) is 0 Å². The van der Waals surface area contributed by atoms with Crippen molar-refractivity contribution in [3.8, 4) is 0 Å². The highest BCUT2D eigenvalue weighted by Gasteiger charge is 2.55. The molecule has 1 unspecified atom stereocenters. The van der Waals surface area contributed by atoms with Gasteiger partial charge >= 0.3 is 0 Å². The summed E-state index contributed by atoms with van der Waals surface area (Å²) in [6.45, 7) is 1.17. The van der Waals surface area contributed by atoms with E-state index in [1.807, 2.05) is 0 Å². The molecule has 2 heterocycles. The molecule has 14 heavy (non-hydrogen) atoms. The first-order valence-corrected chi connectivity index (χ1v) is 7.85. The van der Waals surface area contributed by atoms with Crippen LogP contribution in [0.15, 0.2) is 0 Å². The molecule has 0 aromatic rings. The molecule has 0 radical (unpaired) electrons. The van der Waals surface area contributed by atoms with E-state index >= 15 is 0 Å². The second-order valence-electron chi connectivity index (χ2n) is 4.76. The normalized spacial score (nSPS) is 41.8. The molecule has 1 spiro atoms. The third kappa shape index (κ3) is 1.35. The van der Waals surface area contributed by atoms with Crippen LogP contribution in [0.3, 0.4) is 0 Å². The van der Waals surface area contributed by atoms with Crippen molar-refractivity contribution < 1.29 is 4.52 Å². The lowest BCUT2D eigenvalue weighted by Gasteiger charge is -2.36.